The number of nitrogens with one attached hydrogen (secondary N) is 1. The van der Waals surface area contributed by atoms with Crippen LogP contribution in [0, 0.1) is 5.41 Å². The highest BCUT2D eigenvalue weighted by atomic mass is 14.9. The van der Waals surface area contributed by atoms with Gasteiger partial charge >= 0.3 is 0 Å². The first kappa shape index (κ1) is 18.3. The van der Waals surface area contributed by atoms with Crippen LogP contribution in [0.2, 0.25) is 0 Å². The maximum absolute atomic E-state index is 4.29. The highest BCUT2D eigenvalue weighted by molar-refractivity contribution is 5.18. The summed E-state index contributed by atoms with van der Waals surface area (Å²) in [5.41, 5.74) is 4.12. The molecule has 0 spiro atoms. The Bertz CT molecular complexity index is 613. The van der Waals surface area contributed by atoms with Crippen molar-refractivity contribution in [2.45, 2.75) is 52.5 Å². The van der Waals surface area contributed by atoms with E-state index in [-0.39, 0.29) is 5.41 Å². The highest BCUT2D eigenvalue weighted by Gasteiger charge is 2.28. The minimum atomic E-state index is 0.228. The number of rotatable bonds is 9. The van der Waals surface area contributed by atoms with Crippen molar-refractivity contribution < 1.29 is 0 Å². The quantitative estimate of drug-likeness (QED) is 0.618. The van der Waals surface area contributed by atoms with Crippen molar-refractivity contribution in [3.05, 3.63) is 84.1 Å². The Morgan fingerprint density at radius 1 is 0.958 bits per heavy atom. The standard InChI is InChI=1S/C23H31N/c1-5-23(3,4)22(18-21-14-10-7-11-15-21)24-19(2)16-17-20-12-8-6-9-13-20/h6-15,22,24H,2,5,16-18H2,1,3-4H3. The zero-order valence-electron chi connectivity index (χ0n) is 15.4. The molecular formula is C23H31N. The van der Waals surface area contributed by atoms with Crippen LogP contribution in [0.5, 0.6) is 0 Å². The zero-order valence-corrected chi connectivity index (χ0v) is 15.4. The molecule has 1 unspecified atom stereocenters. The van der Waals surface area contributed by atoms with E-state index in [9.17, 15) is 0 Å². The van der Waals surface area contributed by atoms with Crippen LogP contribution in [-0.4, -0.2) is 6.04 Å². The summed E-state index contributed by atoms with van der Waals surface area (Å²) in [5.74, 6) is 0. The van der Waals surface area contributed by atoms with Crippen molar-refractivity contribution in [2.75, 3.05) is 0 Å². The van der Waals surface area contributed by atoms with Gasteiger partial charge < -0.3 is 5.32 Å². The summed E-state index contributed by atoms with van der Waals surface area (Å²) in [6.07, 6.45) is 4.20. The molecule has 1 N–H and O–H groups in total. The first-order valence-corrected chi connectivity index (χ1v) is 9.03. The second-order valence-corrected chi connectivity index (χ2v) is 7.32. The number of hydrogen-bond acceptors (Lipinski definition) is 1. The maximum atomic E-state index is 4.29. The lowest BCUT2D eigenvalue weighted by Crippen LogP contribution is -2.42. The van der Waals surface area contributed by atoms with Crippen LogP contribution >= 0.6 is 0 Å². The maximum Gasteiger partial charge on any atom is 0.0349 e. The minimum Gasteiger partial charge on any atom is -0.385 e. The molecule has 128 valence electrons. The van der Waals surface area contributed by atoms with Gasteiger partial charge in [0.05, 0.1) is 0 Å². The summed E-state index contributed by atoms with van der Waals surface area (Å²) in [4.78, 5) is 0. The molecule has 0 bridgehead atoms. The Balaban J connectivity index is 1.98. The first-order chi connectivity index (χ1) is 11.5. The van der Waals surface area contributed by atoms with Gasteiger partial charge in [-0.2, -0.15) is 0 Å². The minimum absolute atomic E-state index is 0.228. The molecule has 1 heteroatoms. The van der Waals surface area contributed by atoms with Gasteiger partial charge in [0.25, 0.3) is 0 Å². The van der Waals surface area contributed by atoms with Crippen LogP contribution in [-0.2, 0) is 12.8 Å². The molecule has 2 aromatic carbocycles. The molecule has 0 aliphatic carbocycles. The number of allylic oxidation sites excluding steroid dienone is 1. The molecule has 0 heterocycles. The molecule has 24 heavy (non-hydrogen) atoms. The molecule has 2 aromatic rings. The summed E-state index contributed by atoms with van der Waals surface area (Å²) < 4.78 is 0. The Morgan fingerprint density at radius 2 is 1.50 bits per heavy atom. The fourth-order valence-electron chi connectivity index (χ4n) is 2.88. The molecular weight excluding hydrogens is 290 g/mol. The number of hydrogen-bond donors (Lipinski definition) is 1. The largest absolute Gasteiger partial charge is 0.385 e. The average molecular weight is 322 g/mol. The Kier molecular flexibility index (Phi) is 6.66. The summed E-state index contributed by atoms with van der Waals surface area (Å²) in [5, 5.41) is 3.73. The Hall–Kier alpha value is -2.02. The van der Waals surface area contributed by atoms with Crippen molar-refractivity contribution in [1.82, 2.24) is 5.32 Å². The molecule has 0 aliphatic heterocycles. The third kappa shape index (κ3) is 5.56. The lowest BCUT2D eigenvalue weighted by Gasteiger charge is -2.36. The number of aryl methyl sites for hydroxylation is 1. The van der Waals surface area contributed by atoms with Crippen LogP contribution < -0.4 is 5.32 Å². The van der Waals surface area contributed by atoms with Gasteiger partial charge in [-0.25, -0.2) is 0 Å². The van der Waals surface area contributed by atoms with Gasteiger partial charge in [-0.15, -0.1) is 0 Å². The molecule has 1 nitrogen and oxygen atoms in total. The fraction of sp³-hybridized carbons (Fsp3) is 0.391. The van der Waals surface area contributed by atoms with Crippen molar-refractivity contribution in [2.24, 2.45) is 5.41 Å². The SMILES string of the molecule is C=C(CCc1ccccc1)NC(Cc1ccccc1)C(C)(C)CC. The smallest absolute Gasteiger partial charge is 0.0349 e. The molecule has 0 amide bonds. The predicted molar refractivity (Wildman–Crippen MR) is 105 cm³/mol. The first-order valence-electron chi connectivity index (χ1n) is 9.03. The molecule has 0 radical (unpaired) electrons. The van der Waals surface area contributed by atoms with Crippen LogP contribution in [0.4, 0.5) is 0 Å². The molecule has 2 rings (SSSR count). The van der Waals surface area contributed by atoms with E-state index in [2.05, 4.69) is 93.3 Å². The van der Waals surface area contributed by atoms with Gasteiger partial charge in [-0.1, -0.05) is 88.0 Å². The normalized spacial score (nSPS) is 12.6. The van der Waals surface area contributed by atoms with Crippen molar-refractivity contribution in [1.29, 1.82) is 0 Å². The highest BCUT2D eigenvalue weighted by Crippen LogP contribution is 2.28. The summed E-state index contributed by atoms with van der Waals surface area (Å²) in [6, 6.07) is 21.8. The van der Waals surface area contributed by atoms with E-state index >= 15 is 0 Å². The summed E-state index contributed by atoms with van der Waals surface area (Å²) in [7, 11) is 0. The van der Waals surface area contributed by atoms with Gasteiger partial charge in [0.2, 0.25) is 0 Å². The van der Waals surface area contributed by atoms with Gasteiger partial charge in [-0.05, 0) is 42.2 Å². The van der Waals surface area contributed by atoms with Crippen LogP contribution in [0.1, 0.15) is 44.7 Å². The van der Waals surface area contributed by atoms with E-state index in [4.69, 9.17) is 0 Å². The molecule has 0 saturated heterocycles. The van der Waals surface area contributed by atoms with E-state index < -0.39 is 0 Å². The second-order valence-electron chi connectivity index (χ2n) is 7.32. The lowest BCUT2D eigenvalue weighted by molar-refractivity contribution is 0.241. The van der Waals surface area contributed by atoms with Gasteiger partial charge in [-0.3, -0.25) is 0 Å². The second kappa shape index (κ2) is 8.73. The monoisotopic (exact) mass is 321 g/mol. The van der Waals surface area contributed by atoms with Gasteiger partial charge in [0.15, 0.2) is 0 Å². The van der Waals surface area contributed by atoms with E-state index in [0.29, 0.717) is 6.04 Å². The van der Waals surface area contributed by atoms with E-state index in [1.54, 1.807) is 0 Å². The summed E-state index contributed by atoms with van der Waals surface area (Å²) in [6.45, 7) is 11.2. The third-order valence-electron chi connectivity index (χ3n) is 5.07. The van der Waals surface area contributed by atoms with Crippen LogP contribution in [0.25, 0.3) is 0 Å². The van der Waals surface area contributed by atoms with Crippen LogP contribution in [0.15, 0.2) is 72.9 Å². The average Bonchev–Trinajstić information content (AvgIpc) is 2.61. The predicted octanol–water partition coefficient (Wildman–Crippen LogP) is 5.77. The molecule has 1 atom stereocenters. The molecule has 0 saturated carbocycles. The third-order valence-corrected chi connectivity index (χ3v) is 5.07. The topological polar surface area (TPSA) is 12.0 Å². The van der Waals surface area contributed by atoms with Crippen molar-refractivity contribution in [3.8, 4) is 0 Å². The number of benzene rings is 2. The van der Waals surface area contributed by atoms with Crippen molar-refractivity contribution >= 4 is 0 Å². The lowest BCUT2D eigenvalue weighted by atomic mass is 9.78. The van der Waals surface area contributed by atoms with E-state index in [1.807, 2.05) is 0 Å². The Morgan fingerprint density at radius 3 is 2.04 bits per heavy atom. The van der Waals surface area contributed by atoms with E-state index in [0.717, 1.165) is 31.4 Å². The zero-order chi connectivity index (χ0) is 17.4. The van der Waals surface area contributed by atoms with E-state index in [1.165, 1.54) is 11.1 Å². The molecule has 0 aliphatic rings. The van der Waals surface area contributed by atoms with Gasteiger partial charge in [0, 0.05) is 11.7 Å². The Labute approximate surface area is 147 Å². The van der Waals surface area contributed by atoms with Crippen LogP contribution in [0.3, 0.4) is 0 Å². The van der Waals surface area contributed by atoms with Crippen molar-refractivity contribution in [3.63, 3.8) is 0 Å². The fourth-order valence-corrected chi connectivity index (χ4v) is 2.88. The van der Waals surface area contributed by atoms with Gasteiger partial charge in [0.1, 0.15) is 0 Å². The summed E-state index contributed by atoms with van der Waals surface area (Å²) >= 11 is 0. The molecule has 0 aromatic heterocycles. The molecule has 0 fully saturated rings.